The highest BCUT2D eigenvalue weighted by molar-refractivity contribution is 5.86. The lowest BCUT2D eigenvalue weighted by Crippen LogP contribution is -2.26. The highest BCUT2D eigenvalue weighted by atomic mass is 15.1. The Labute approximate surface area is 164 Å². The summed E-state index contributed by atoms with van der Waals surface area (Å²) in [7, 11) is 0. The van der Waals surface area contributed by atoms with Crippen molar-refractivity contribution in [2.45, 2.75) is 45.1 Å². The number of pyridine rings is 1. The van der Waals surface area contributed by atoms with E-state index in [9.17, 15) is 0 Å². The van der Waals surface area contributed by atoms with Crippen molar-refractivity contribution in [3.8, 4) is 0 Å². The Morgan fingerprint density at radius 3 is 2.89 bits per heavy atom. The van der Waals surface area contributed by atoms with Gasteiger partial charge in [0.2, 0.25) is 0 Å². The van der Waals surface area contributed by atoms with Crippen LogP contribution in [0.5, 0.6) is 0 Å². The van der Waals surface area contributed by atoms with Crippen LogP contribution in [0.3, 0.4) is 0 Å². The Morgan fingerprint density at radius 2 is 2.00 bits per heavy atom. The van der Waals surface area contributed by atoms with Gasteiger partial charge in [0.05, 0.1) is 5.39 Å². The Morgan fingerprint density at radius 1 is 1.11 bits per heavy atom. The molecule has 6 heteroatoms. The van der Waals surface area contributed by atoms with Gasteiger partial charge in [0.25, 0.3) is 0 Å². The molecule has 144 valence electrons. The third kappa shape index (κ3) is 3.13. The molecule has 0 spiro atoms. The number of nitrogens with zero attached hydrogens (tertiary/aromatic N) is 5. The summed E-state index contributed by atoms with van der Waals surface area (Å²) < 4.78 is 4.31. The molecule has 6 nitrogen and oxygen atoms in total. The fraction of sp³-hybridized carbons (Fsp3) is 0.409. The van der Waals surface area contributed by atoms with Crippen molar-refractivity contribution in [2.75, 3.05) is 5.73 Å². The quantitative estimate of drug-likeness (QED) is 0.547. The summed E-state index contributed by atoms with van der Waals surface area (Å²) in [5.41, 5.74) is 9.36. The van der Waals surface area contributed by atoms with Gasteiger partial charge in [0.15, 0.2) is 0 Å². The standard InChI is InChI=1S/C22H26N6/c1-15(28-8-5-19-21(23)25-14-26-22(19)28)2-3-16-10-18(11-16)12-17-4-7-27-9-6-24-20(27)13-17/h4-9,13-16,18H,2-3,10-12H2,1H3,(H2,23,25,26). The highest BCUT2D eigenvalue weighted by Crippen LogP contribution is 2.40. The summed E-state index contributed by atoms with van der Waals surface area (Å²) in [5, 5.41) is 0.951. The molecule has 0 amide bonds. The van der Waals surface area contributed by atoms with Crippen LogP contribution < -0.4 is 5.73 Å². The molecule has 4 aromatic rings. The minimum absolute atomic E-state index is 0.425. The number of hydrogen-bond donors (Lipinski definition) is 1. The summed E-state index contributed by atoms with van der Waals surface area (Å²) in [6, 6.07) is 6.90. The number of nitrogens with two attached hydrogens (primary N) is 1. The van der Waals surface area contributed by atoms with Gasteiger partial charge in [0.1, 0.15) is 23.4 Å². The molecule has 0 bridgehead atoms. The third-order valence-corrected chi connectivity index (χ3v) is 6.33. The molecule has 1 unspecified atom stereocenters. The summed E-state index contributed by atoms with van der Waals surface area (Å²) in [6.45, 7) is 2.27. The van der Waals surface area contributed by atoms with Gasteiger partial charge < -0.3 is 14.7 Å². The average Bonchev–Trinajstić information content (AvgIpc) is 3.30. The van der Waals surface area contributed by atoms with Crippen LogP contribution in [0.2, 0.25) is 0 Å². The van der Waals surface area contributed by atoms with Gasteiger partial charge >= 0.3 is 0 Å². The van der Waals surface area contributed by atoms with Gasteiger partial charge in [-0.2, -0.15) is 0 Å². The van der Waals surface area contributed by atoms with E-state index in [0.29, 0.717) is 11.9 Å². The van der Waals surface area contributed by atoms with E-state index in [-0.39, 0.29) is 0 Å². The minimum Gasteiger partial charge on any atom is -0.383 e. The predicted molar refractivity (Wildman–Crippen MR) is 111 cm³/mol. The van der Waals surface area contributed by atoms with Crippen molar-refractivity contribution in [3.63, 3.8) is 0 Å². The second-order valence-corrected chi connectivity index (χ2v) is 8.28. The zero-order valence-electron chi connectivity index (χ0n) is 16.2. The van der Waals surface area contributed by atoms with E-state index in [4.69, 9.17) is 5.73 Å². The molecular formula is C22H26N6. The lowest BCUT2D eigenvalue weighted by Gasteiger charge is -2.36. The summed E-state index contributed by atoms with van der Waals surface area (Å²) in [4.78, 5) is 12.9. The van der Waals surface area contributed by atoms with Crippen molar-refractivity contribution in [2.24, 2.45) is 11.8 Å². The average molecular weight is 374 g/mol. The first-order chi connectivity index (χ1) is 13.7. The van der Waals surface area contributed by atoms with Gasteiger partial charge in [-0.25, -0.2) is 15.0 Å². The van der Waals surface area contributed by atoms with E-state index >= 15 is 0 Å². The van der Waals surface area contributed by atoms with E-state index in [1.807, 2.05) is 18.5 Å². The molecule has 5 rings (SSSR count). The van der Waals surface area contributed by atoms with Crippen molar-refractivity contribution < 1.29 is 0 Å². The fourth-order valence-electron chi connectivity index (χ4n) is 4.65. The van der Waals surface area contributed by atoms with E-state index < -0.39 is 0 Å². The molecule has 4 heterocycles. The summed E-state index contributed by atoms with van der Waals surface area (Å²) >= 11 is 0. The van der Waals surface area contributed by atoms with Crippen LogP contribution in [-0.2, 0) is 6.42 Å². The van der Waals surface area contributed by atoms with Crippen LogP contribution in [0, 0.1) is 11.8 Å². The zero-order valence-corrected chi connectivity index (χ0v) is 16.2. The molecule has 1 fully saturated rings. The molecule has 4 aromatic heterocycles. The van der Waals surface area contributed by atoms with Gasteiger partial charge in [-0.3, -0.25) is 0 Å². The summed E-state index contributed by atoms with van der Waals surface area (Å²) in [5.74, 6) is 2.23. The van der Waals surface area contributed by atoms with E-state index in [2.05, 4.69) is 55.4 Å². The van der Waals surface area contributed by atoms with Crippen LogP contribution in [0.25, 0.3) is 16.7 Å². The summed E-state index contributed by atoms with van der Waals surface area (Å²) in [6.07, 6.45) is 15.9. The number of fused-ring (bicyclic) bond motifs is 2. The van der Waals surface area contributed by atoms with Crippen LogP contribution in [0.1, 0.15) is 44.2 Å². The molecule has 0 aliphatic heterocycles. The fourth-order valence-corrected chi connectivity index (χ4v) is 4.65. The SMILES string of the molecule is CC(CCC1CC(Cc2ccn3ccnc3c2)C1)n1ccc2c(N)ncnc21. The topological polar surface area (TPSA) is 74.0 Å². The number of nitrogen functional groups attached to an aromatic ring is 1. The van der Waals surface area contributed by atoms with Crippen molar-refractivity contribution in [3.05, 3.63) is 54.9 Å². The van der Waals surface area contributed by atoms with E-state index in [0.717, 1.165) is 28.5 Å². The molecule has 0 aromatic carbocycles. The van der Waals surface area contributed by atoms with E-state index in [1.165, 1.54) is 37.7 Å². The number of rotatable bonds is 6. The van der Waals surface area contributed by atoms with E-state index in [1.54, 1.807) is 6.33 Å². The third-order valence-electron chi connectivity index (χ3n) is 6.33. The molecule has 1 aliphatic carbocycles. The van der Waals surface area contributed by atoms with Crippen LogP contribution in [0.4, 0.5) is 5.82 Å². The van der Waals surface area contributed by atoms with Crippen molar-refractivity contribution in [1.29, 1.82) is 0 Å². The first kappa shape index (κ1) is 17.2. The molecule has 0 radical (unpaired) electrons. The largest absolute Gasteiger partial charge is 0.383 e. The molecule has 1 saturated carbocycles. The normalized spacial score (nSPS) is 20.5. The van der Waals surface area contributed by atoms with Crippen LogP contribution in [-0.4, -0.2) is 23.9 Å². The lowest BCUT2D eigenvalue weighted by atomic mass is 9.70. The number of aromatic nitrogens is 5. The second-order valence-electron chi connectivity index (χ2n) is 8.28. The monoisotopic (exact) mass is 374 g/mol. The first-order valence-electron chi connectivity index (χ1n) is 10.2. The number of hydrogen-bond acceptors (Lipinski definition) is 4. The molecule has 0 saturated heterocycles. The lowest BCUT2D eigenvalue weighted by molar-refractivity contribution is 0.172. The van der Waals surface area contributed by atoms with Gasteiger partial charge in [-0.15, -0.1) is 0 Å². The molecule has 28 heavy (non-hydrogen) atoms. The number of anilines is 1. The molecule has 1 aliphatic rings. The number of imidazole rings is 1. The maximum atomic E-state index is 5.96. The van der Waals surface area contributed by atoms with Gasteiger partial charge in [0, 0.05) is 30.8 Å². The molecule has 2 N–H and O–H groups in total. The Bertz CT molecular complexity index is 1100. The van der Waals surface area contributed by atoms with Crippen molar-refractivity contribution in [1.82, 2.24) is 23.9 Å². The van der Waals surface area contributed by atoms with Gasteiger partial charge in [-0.1, -0.05) is 0 Å². The van der Waals surface area contributed by atoms with Crippen LogP contribution >= 0.6 is 0 Å². The maximum absolute atomic E-state index is 5.96. The Hall–Kier alpha value is -2.89. The first-order valence-corrected chi connectivity index (χ1v) is 10.2. The molecule has 1 atom stereocenters. The maximum Gasteiger partial charge on any atom is 0.145 e. The second kappa shape index (κ2) is 6.93. The van der Waals surface area contributed by atoms with Crippen LogP contribution in [0.15, 0.2) is 49.3 Å². The van der Waals surface area contributed by atoms with Gasteiger partial charge in [-0.05, 0) is 74.6 Å². The highest BCUT2D eigenvalue weighted by Gasteiger charge is 2.29. The zero-order chi connectivity index (χ0) is 19.1. The van der Waals surface area contributed by atoms with Crippen molar-refractivity contribution >= 4 is 22.5 Å². The minimum atomic E-state index is 0.425. The Balaban J connectivity index is 1.14. The molecular weight excluding hydrogens is 348 g/mol. The smallest absolute Gasteiger partial charge is 0.145 e. The Kier molecular flexibility index (Phi) is 4.26. The predicted octanol–water partition coefficient (Wildman–Crippen LogP) is 4.27.